The summed E-state index contributed by atoms with van der Waals surface area (Å²) in [5, 5.41) is 3.89. The van der Waals surface area contributed by atoms with Crippen LogP contribution in [0.25, 0.3) is 10.9 Å². The molecule has 2 atom stereocenters. The summed E-state index contributed by atoms with van der Waals surface area (Å²) in [5.41, 5.74) is 1.63. The molecular formula is C23H30N4O4. The summed E-state index contributed by atoms with van der Waals surface area (Å²) in [6.45, 7) is 8.70. The first-order chi connectivity index (χ1) is 14.8. The smallest absolute Gasteiger partial charge is 0.328 e. The van der Waals surface area contributed by atoms with Crippen LogP contribution in [0.4, 0.5) is 4.79 Å². The van der Waals surface area contributed by atoms with Crippen LogP contribution in [0.1, 0.15) is 45.4 Å². The molecule has 0 aliphatic carbocycles. The van der Waals surface area contributed by atoms with Gasteiger partial charge in [-0.15, -0.1) is 0 Å². The summed E-state index contributed by atoms with van der Waals surface area (Å²) in [7, 11) is 0. The van der Waals surface area contributed by atoms with Gasteiger partial charge in [0.1, 0.15) is 6.04 Å². The maximum Gasteiger partial charge on any atom is 0.328 e. The van der Waals surface area contributed by atoms with Crippen molar-refractivity contribution in [2.75, 3.05) is 19.7 Å². The highest BCUT2D eigenvalue weighted by Gasteiger charge is 2.60. The molecule has 1 aromatic heterocycles. The lowest BCUT2D eigenvalue weighted by atomic mass is 9.87. The van der Waals surface area contributed by atoms with Gasteiger partial charge in [-0.2, -0.15) is 0 Å². The minimum atomic E-state index is -1.14. The quantitative estimate of drug-likeness (QED) is 0.525. The maximum atomic E-state index is 13.6. The van der Waals surface area contributed by atoms with Crippen LogP contribution >= 0.6 is 0 Å². The number of hydrogen-bond acceptors (Lipinski definition) is 4. The monoisotopic (exact) mass is 426 g/mol. The van der Waals surface area contributed by atoms with Gasteiger partial charge in [0.05, 0.1) is 11.8 Å². The third kappa shape index (κ3) is 3.39. The second-order valence-corrected chi connectivity index (χ2v) is 8.70. The van der Waals surface area contributed by atoms with Crippen molar-refractivity contribution in [2.24, 2.45) is 0 Å². The molecule has 1 saturated heterocycles. The molecule has 4 rings (SSSR count). The van der Waals surface area contributed by atoms with Crippen LogP contribution in [0.15, 0.2) is 24.3 Å². The first-order valence-corrected chi connectivity index (χ1v) is 10.9. The number of imide groups is 1. The van der Waals surface area contributed by atoms with Gasteiger partial charge in [0, 0.05) is 30.6 Å². The number of nitrogens with zero attached hydrogens (tertiary/aromatic N) is 2. The number of carbonyl (C=O) groups excluding carboxylic acids is 3. The fraction of sp³-hybridized carbons (Fsp3) is 0.522. The van der Waals surface area contributed by atoms with Crippen molar-refractivity contribution in [3.8, 4) is 0 Å². The predicted octanol–water partition coefficient (Wildman–Crippen LogP) is 2.52. The second kappa shape index (κ2) is 8.00. The Bertz CT molecular complexity index is 1030. The van der Waals surface area contributed by atoms with Crippen molar-refractivity contribution in [2.45, 2.75) is 58.2 Å². The van der Waals surface area contributed by atoms with Gasteiger partial charge in [0.2, 0.25) is 5.91 Å². The van der Waals surface area contributed by atoms with E-state index in [1.807, 2.05) is 38.1 Å². The number of para-hydroxylation sites is 1. The highest BCUT2D eigenvalue weighted by Crippen LogP contribution is 2.44. The highest BCUT2D eigenvalue weighted by molar-refractivity contribution is 6.10. The van der Waals surface area contributed by atoms with Crippen LogP contribution in [0, 0.1) is 0 Å². The minimum Gasteiger partial charge on any atom is -0.379 e. The van der Waals surface area contributed by atoms with Crippen molar-refractivity contribution in [3.63, 3.8) is 0 Å². The van der Waals surface area contributed by atoms with Crippen LogP contribution in [0.5, 0.6) is 0 Å². The topological polar surface area (TPSA) is 94.7 Å². The maximum absolute atomic E-state index is 13.6. The van der Waals surface area contributed by atoms with Crippen LogP contribution in [0.3, 0.4) is 0 Å². The van der Waals surface area contributed by atoms with Gasteiger partial charge in [0.25, 0.3) is 5.91 Å². The number of fused-ring (bicyclic) bond motifs is 5. The van der Waals surface area contributed by atoms with E-state index in [0.717, 1.165) is 27.1 Å². The number of ether oxygens (including phenoxy) is 1. The fourth-order valence-electron chi connectivity index (χ4n) is 4.63. The Morgan fingerprint density at radius 2 is 2.00 bits per heavy atom. The number of hydrogen-bond donors (Lipinski definition) is 2. The van der Waals surface area contributed by atoms with Gasteiger partial charge in [-0.3, -0.25) is 9.59 Å². The van der Waals surface area contributed by atoms with E-state index in [2.05, 4.69) is 10.3 Å². The number of carbonyl (C=O) groups is 3. The summed E-state index contributed by atoms with van der Waals surface area (Å²) in [4.78, 5) is 45.5. The van der Waals surface area contributed by atoms with Crippen molar-refractivity contribution in [1.82, 2.24) is 20.1 Å². The first-order valence-electron chi connectivity index (χ1n) is 10.9. The van der Waals surface area contributed by atoms with Crippen LogP contribution < -0.4 is 5.32 Å². The standard InChI is InChI=1S/C23H30N4O4/c1-14(2)31-13-7-11-24-20(28)15(3)27-21(29)23(4)19-17(10-12-26(23)22(27)30)16-8-5-6-9-18(16)25-19/h5-6,8-9,14-15,25H,7,10-13H2,1-4H3,(H,24,28)/t15-,23+/m0/s1. The summed E-state index contributed by atoms with van der Waals surface area (Å²) in [6, 6.07) is 6.61. The van der Waals surface area contributed by atoms with Crippen molar-refractivity contribution in [3.05, 3.63) is 35.5 Å². The molecule has 8 nitrogen and oxygen atoms in total. The first kappa shape index (κ1) is 21.4. The number of benzene rings is 1. The van der Waals surface area contributed by atoms with E-state index >= 15 is 0 Å². The Morgan fingerprint density at radius 3 is 2.74 bits per heavy atom. The third-order valence-electron chi connectivity index (χ3n) is 6.34. The SMILES string of the molecule is CC(C)OCCCNC(=O)[C@H](C)N1C(=O)N2CCc3c([nH]c4ccccc34)[C@]2(C)C1=O. The van der Waals surface area contributed by atoms with E-state index in [1.54, 1.807) is 18.7 Å². The number of urea groups is 1. The van der Waals surface area contributed by atoms with Gasteiger partial charge < -0.3 is 19.9 Å². The van der Waals surface area contributed by atoms with Crippen molar-refractivity contribution in [1.29, 1.82) is 0 Å². The lowest BCUT2D eigenvalue weighted by molar-refractivity contribution is -0.139. The molecule has 4 amide bonds. The van der Waals surface area contributed by atoms with Crippen LogP contribution in [0.2, 0.25) is 0 Å². The Balaban J connectivity index is 1.53. The van der Waals surface area contributed by atoms with Crippen molar-refractivity contribution >= 4 is 28.7 Å². The van der Waals surface area contributed by atoms with Gasteiger partial charge >= 0.3 is 6.03 Å². The lowest BCUT2D eigenvalue weighted by Gasteiger charge is -2.36. The van der Waals surface area contributed by atoms with Gasteiger partial charge in [-0.1, -0.05) is 18.2 Å². The average Bonchev–Trinajstić information content (AvgIpc) is 3.21. The summed E-state index contributed by atoms with van der Waals surface area (Å²) in [6.07, 6.45) is 1.47. The molecule has 1 fully saturated rings. The molecule has 166 valence electrons. The molecular weight excluding hydrogens is 396 g/mol. The molecule has 8 heteroatoms. The fourth-order valence-corrected chi connectivity index (χ4v) is 4.63. The average molecular weight is 427 g/mol. The van der Waals surface area contributed by atoms with Gasteiger partial charge in [-0.25, -0.2) is 9.69 Å². The lowest BCUT2D eigenvalue weighted by Crippen LogP contribution is -2.50. The number of amides is 4. The highest BCUT2D eigenvalue weighted by atomic mass is 16.5. The molecule has 1 aromatic carbocycles. The zero-order valence-corrected chi connectivity index (χ0v) is 18.5. The molecule has 0 spiro atoms. The summed E-state index contributed by atoms with van der Waals surface area (Å²) < 4.78 is 5.47. The molecule has 0 bridgehead atoms. The van der Waals surface area contributed by atoms with E-state index in [4.69, 9.17) is 4.74 Å². The van der Waals surface area contributed by atoms with Crippen molar-refractivity contribution < 1.29 is 19.1 Å². The molecule has 2 aliphatic rings. The van der Waals surface area contributed by atoms with E-state index < -0.39 is 17.6 Å². The third-order valence-corrected chi connectivity index (χ3v) is 6.34. The number of aromatic nitrogens is 1. The molecule has 0 saturated carbocycles. The van der Waals surface area contributed by atoms with E-state index in [9.17, 15) is 14.4 Å². The number of H-pyrrole nitrogens is 1. The summed E-state index contributed by atoms with van der Waals surface area (Å²) >= 11 is 0. The number of aromatic amines is 1. The Morgan fingerprint density at radius 1 is 1.26 bits per heavy atom. The minimum absolute atomic E-state index is 0.141. The Hall–Kier alpha value is -2.87. The van der Waals surface area contributed by atoms with E-state index in [1.165, 1.54) is 0 Å². The largest absolute Gasteiger partial charge is 0.379 e. The van der Waals surface area contributed by atoms with Crippen LogP contribution in [-0.2, 0) is 26.3 Å². The predicted molar refractivity (Wildman–Crippen MR) is 116 cm³/mol. The van der Waals surface area contributed by atoms with E-state index in [0.29, 0.717) is 32.5 Å². The molecule has 2 aliphatic heterocycles. The zero-order chi connectivity index (χ0) is 22.3. The molecule has 31 heavy (non-hydrogen) atoms. The van der Waals surface area contributed by atoms with Crippen LogP contribution in [-0.4, -0.2) is 64.5 Å². The zero-order valence-electron chi connectivity index (χ0n) is 18.5. The molecule has 0 radical (unpaired) electrons. The number of rotatable bonds is 7. The Labute approximate surface area is 181 Å². The van der Waals surface area contributed by atoms with E-state index in [-0.39, 0.29) is 17.9 Å². The Kier molecular flexibility index (Phi) is 5.51. The number of nitrogens with one attached hydrogen (secondary N) is 2. The summed E-state index contributed by atoms with van der Waals surface area (Å²) in [5.74, 6) is -0.706. The second-order valence-electron chi connectivity index (χ2n) is 8.70. The molecule has 3 heterocycles. The molecule has 2 N–H and O–H groups in total. The van der Waals surface area contributed by atoms with Gasteiger partial charge in [-0.05, 0) is 52.2 Å². The molecule has 2 aromatic rings. The molecule has 0 unspecified atom stereocenters. The van der Waals surface area contributed by atoms with Gasteiger partial charge in [0.15, 0.2) is 5.54 Å². The normalized spacial score (nSPS) is 21.6.